The van der Waals surface area contributed by atoms with Gasteiger partial charge in [-0.25, -0.2) is 9.78 Å². The molecular formula is C20H14ClN3O3S. The van der Waals surface area contributed by atoms with E-state index in [1.807, 2.05) is 18.2 Å². The predicted octanol–water partition coefficient (Wildman–Crippen LogP) is 4.44. The lowest BCUT2D eigenvalue weighted by molar-refractivity contribution is -0.119. The van der Waals surface area contributed by atoms with Crippen molar-refractivity contribution in [2.75, 3.05) is 11.9 Å². The van der Waals surface area contributed by atoms with Crippen LogP contribution in [0.25, 0.3) is 10.6 Å². The number of hydrogen-bond donors (Lipinski definition) is 1. The lowest BCUT2D eigenvalue weighted by Gasteiger charge is -2.06. The van der Waals surface area contributed by atoms with E-state index < -0.39 is 18.5 Å². The highest BCUT2D eigenvalue weighted by Gasteiger charge is 2.18. The first-order chi connectivity index (χ1) is 13.5. The van der Waals surface area contributed by atoms with E-state index in [4.69, 9.17) is 21.6 Å². The molecule has 2 aromatic carbocycles. The van der Waals surface area contributed by atoms with Crippen molar-refractivity contribution in [1.82, 2.24) is 4.98 Å². The third-order valence-corrected chi connectivity index (χ3v) is 5.14. The molecule has 3 aromatic rings. The molecule has 8 heteroatoms. The van der Waals surface area contributed by atoms with Gasteiger partial charge in [-0.1, -0.05) is 23.7 Å². The first-order valence-corrected chi connectivity index (χ1v) is 9.36. The van der Waals surface area contributed by atoms with E-state index in [2.05, 4.69) is 10.3 Å². The number of nitriles is 1. The molecule has 0 saturated heterocycles. The first kappa shape index (κ1) is 19.5. The number of ether oxygens (including phenoxy) is 1. The van der Waals surface area contributed by atoms with Crippen LogP contribution in [0.1, 0.15) is 20.9 Å². The van der Waals surface area contributed by atoms with Gasteiger partial charge in [0.05, 0.1) is 17.3 Å². The number of amides is 1. The number of aromatic nitrogens is 1. The van der Waals surface area contributed by atoms with Gasteiger partial charge in [-0.2, -0.15) is 5.26 Å². The van der Waals surface area contributed by atoms with Crippen LogP contribution in [0.2, 0.25) is 5.02 Å². The topological polar surface area (TPSA) is 92.1 Å². The number of nitrogens with one attached hydrogen (secondary N) is 1. The quantitative estimate of drug-likeness (QED) is 0.626. The van der Waals surface area contributed by atoms with E-state index in [0.29, 0.717) is 31.9 Å². The highest BCUT2D eigenvalue weighted by Crippen LogP contribution is 2.29. The first-order valence-electron chi connectivity index (χ1n) is 8.17. The lowest BCUT2D eigenvalue weighted by Crippen LogP contribution is -2.20. The minimum absolute atomic E-state index is 0.344. The van der Waals surface area contributed by atoms with Gasteiger partial charge in [0.2, 0.25) is 0 Å². The zero-order valence-corrected chi connectivity index (χ0v) is 16.3. The average molecular weight is 412 g/mol. The Kier molecular flexibility index (Phi) is 6.04. The number of halogens is 1. The monoisotopic (exact) mass is 411 g/mol. The molecule has 0 unspecified atom stereocenters. The number of benzene rings is 2. The number of hydrogen-bond acceptors (Lipinski definition) is 6. The molecule has 140 valence electrons. The molecule has 0 aliphatic heterocycles. The fourth-order valence-electron chi connectivity index (χ4n) is 2.32. The van der Waals surface area contributed by atoms with Crippen molar-refractivity contribution < 1.29 is 14.3 Å². The van der Waals surface area contributed by atoms with E-state index in [9.17, 15) is 9.59 Å². The molecule has 1 amide bonds. The van der Waals surface area contributed by atoms with Crippen molar-refractivity contribution in [3.63, 3.8) is 0 Å². The Hall–Kier alpha value is -3.21. The summed E-state index contributed by atoms with van der Waals surface area (Å²) < 4.78 is 5.10. The van der Waals surface area contributed by atoms with E-state index in [1.165, 1.54) is 11.3 Å². The van der Waals surface area contributed by atoms with Gasteiger partial charge < -0.3 is 10.1 Å². The molecule has 1 heterocycles. The highest BCUT2D eigenvalue weighted by molar-refractivity contribution is 7.17. The minimum atomic E-state index is -0.606. The van der Waals surface area contributed by atoms with E-state index in [1.54, 1.807) is 43.3 Å². The van der Waals surface area contributed by atoms with Crippen molar-refractivity contribution >= 4 is 40.5 Å². The molecule has 0 aliphatic rings. The molecule has 1 N–H and O–H groups in total. The molecule has 0 radical (unpaired) electrons. The Labute approximate surface area is 170 Å². The summed E-state index contributed by atoms with van der Waals surface area (Å²) in [6.45, 7) is 1.29. The Bertz CT molecular complexity index is 1050. The second-order valence-corrected chi connectivity index (χ2v) is 7.19. The lowest BCUT2D eigenvalue weighted by atomic mass is 10.2. The average Bonchev–Trinajstić information content (AvgIpc) is 3.09. The van der Waals surface area contributed by atoms with E-state index in [-0.39, 0.29) is 0 Å². The molecule has 0 bridgehead atoms. The zero-order chi connectivity index (χ0) is 20.1. The number of aryl methyl sites for hydroxylation is 1. The van der Waals surface area contributed by atoms with Crippen LogP contribution in [0.5, 0.6) is 0 Å². The SMILES string of the molecule is Cc1nc(-c2ccc(Cl)cc2)sc1C(=O)OCC(=O)Nc1ccc(C#N)cc1. The zero-order valence-electron chi connectivity index (χ0n) is 14.7. The Balaban J connectivity index is 1.60. The van der Waals surface area contributed by atoms with Crippen LogP contribution in [0.4, 0.5) is 5.69 Å². The number of anilines is 1. The van der Waals surface area contributed by atoms with Gasteiger partial charge in [0, 0.05) is 16.3 Å². The van der Waals surface area contributed by atoms with Crippen molar-refractivity contribution in [3.05, 3.63) is 69.7 Å². The maximum atomic E-state index is 12.3. The number of carbonyl (C=O) groups is 2. The van der Waals surface area contributed by atoms with Crippen molar-refractivity contribution in [2.45, 2.75) is 6.92 Å². The van der Waals surface area contributed by atoms with Crippen molar-refractivity contribution in [3.8, 4) is 16.6 Å². The Morgan fingerprint density at radius 1 is 1.18 bits per heavy atom. The third-order valence-electron chi connectivity index (χ3n) is 3.71. The van der Waals surface area contributed by atoms with Gasteiger partial charge >= 0.3 is 5.97 Å². The second-order valence-electron chi connectivity index (χ2n) is 5.75. The number of thiazole rings is 1. The van der Waals surface area contributed by atoms with Crippen LogP contribution in [-0.2, 0) is 9.53 Å². The molecule has 0 spiro atoms. The minimum Gasteiger partial charge on any atom is -0.451 e. The van der Waals surface area contributed by atoms with Crippen LogP contribution < -0.4 is 5.32 Å². The van der Waals surface area contributed by atoms with Crippen LogP contribution >= 0.6 is 22.9 Å². The number of nitrogens with zero attached hydrogens (tertiary/aromatic N) is 2. The van der Waals surface area contributed by atoms with Crippen LogP contribution in [0, 0.1) is 18.3 Å². The molecule has 3 rings (SSSR count). The summed E-state index contributed by atoms with van der Waals surface area (Å²) in [7, 11) is 0. The van der Waals surface area contributed by atoms with Crippen molar-refractivity contribution in [2.24, 2.45) is 0 Å². The normalized spacial score (nSPS) is 10.2. The summed E-state index contributed by atoms with van der Waals surface area (Å²) in [6.07, 6.45) is 0. The highest BCUT2D eigenvalue weighted by atomic mass is 35.5. The number of rotatable bonds is 5. The van der Waals surface area contributed by atoms with Gasteiger partial charge in [0.15, 0.2) is 6.61 Å². The number of carbonyl (C=O) groups excluding carboxylic acids is 2. The molecule has 0 aliphatic carbocycles. The molecule has 0 fully saturated rings. The summed E-state index contributed by atoms with van der Waals surface area (Å²) >= 11 is 7.08. The van der Waals surface area contributed by atoms with Crippen molar-refractivity contribution in [1.29, 1.82) is 5.26 Å². The summed E-state index contributed by atoms with van der Waals surface area (Å²) in [4.78, 5) is 29.0. The standard InChI is InChI=1S/C20H14ClN3O3S/c1-12-18(28-19(23-12)14-4-6-15(21)7-5-14)20(26)27-11-17(25)24-16-8-2-13(10-22)3-9-16/h2-9H,11H2,1H3,(H,24,25). The van der Waals surface area contributed by atoms with Gasteiger partial charge in [-0.05, 0) is 43.3 Å². The maximum Gasteiger partial charge on any atom is 0.350 e. The van der Waals surface area contributed by atoms with Crippen LogP contribution in [-0.4, -0.2) is 23.5 Å². The van der Waals surface area contributed by atoms with Gasteiger partial charge in [0.1, 0.15) is 9.88 Å². The molecule has 6 nitrogen and oxygen atoms in total. The van der Waals surface area contributed by atoms with Crippen LogP contribution in [0.15, 0.2) is 48.5 Å². The summed E-state index contributed by atoms with van der Waals surface area (Å²) in [5, 5.41) is 12.7. The fourth-order valence-corrected chi connectivity index (χ4v) is 3.42. The van der Waals surface area contributed by atoms with Gasteiger partial charge in [0.25, 0.3) is 5.91 Å². The fraction of sp³-hybridized carbons (Fsp3) is 0.100. The summed E-state index contributed by atoms with van der Waals surface area (Å²) in [5.74, 6) is -1.08. The molecule has 1 aromatic heterocycles. The summed E-state index contributed by atoms with van der Waals surface area (Å²) in [5.41, 5.74) is 2.38. The largest absolute Gasteiger partial charge is 0.451 e. The smallest absolute Gasteiger partial charge is 0.350 e. The summed E-state index contributed by atoms with van der Waals surface area (Å²) in [6, 6.07) is 15.5. The predicted molar refractivity (Wildman–Crippen MR) is 107 cm³/mol. The van der Waals surface area contributed by atoms with E-state index >= 15 is 0 Å². The Morgan fingerprint density at radius 2 is 1.86 bits per heavy atom. The second kappa shape index (κ2) is 8.65. The maximum absolute atomic E-state index is 12.3. The van der Waals surface area contributed by atoms with Gasteiger partial charge in [-0.3, -0.25) is 4.79 Å². The van der Waals surface area contributed by atoms with Gasteiger partial charge in [-0.15, -0.1) is 11.3 Å². The molecule has 0 atom stereocenters. The molecule has 0 saturated carbocycles. The van der Waals surface area contributed by atoms with Crippen LogP contribution in [0.3, 0.4) is 0 Å². The number of esters is 1. The molecular weight excluding hydrogens is 398 g/mol. The third kappa shape index (κ3) is 4.74. The Morgan fingerprint density at radius 3 is 2.50 bits per heavy atom. The molecule has 28 heavy (non-hydrogen) atoms. The van der Waals surface area contributed by atoms with E-state index in [0.717, 1.165) is 5.56 Å².